The fourth-order valence-electron chi connectivity index (χ4n) is 2.93. The molecular formula is C24H21ClN2O4. The Labute approximate surface area is 185 Å². The molecule has 7 heteroatoms. The van der Waals surface area contributed by atoms with E-state index in [0.29, 0.717) is 33.1 Å². The van der Waals surface area contributed by atoms with Crippen molar-refractivity contribution < 1.29 is 19.1 Å². The van der Waals surface area contributed by atoms with Gasteiger partial charge < -0.3 is 15.4 Å². The van der Waals surface area contributed by atoms with Gasteiger partial charge in [0.1, 0.15) is 5.75 Å². The first-order valence-electron chi connectivity index (χ1n) is 9.59. The number of hydrogen-bond donors (Lipinski definition) is 2. The van der Waals surface area contributed by atoms with E-state index in [2.05, 4.69) is 10.6 Å². The lowest BCUT2D eigenvalue weighted by Crippen LogP contribution is -2.28. The molecule has 6 nitrogen and oxygen atoms in total. The van der Waals surface area contributed by atoms with Crippen LogP contribution in [0.2, 0.25) is 5.02 Å². The van der Waals surface area contributed by atoms with Crippen molar-refractivity contribution in [3.05, 3.63) is 94.5 Å². The molecule has 3 rings (SSSR count). The van der Waals surface area contributed by atoms with Crippen molar-refractivity contribution in [2.75, 3.05) is 19.0 Å². The minimum absolute atomic E-state index is 0.0390. The third kappa shape index (κ3) is 5.93. The van der Waals surface area contributed by atoms with Crippen LogP contribution < -0.4 is 15.4 Å². The first-order chi connectivity index (χ1) is 15.0. The number of benzene rings is 3. The minimum atomic E-state index is -0.338. The number of hydrogen-bond acceptors (Lipinski definition) is 4. The van der Waals surface area contributed by atoms with Crippen molar-refractivity contribution in [1.29, 1.82) is 0 Å². The fraction of sp³-hybridized carbons (Fsp3) is 0.125. The molecule has 0 aromatic heterocycles. The number of rotatable bonds is 8. The van der Waals surface area contributed by atoms with Gasteiger partial charge in [0.15, 0.2) is 5.78 Å². The van der Waals surface area contributed by atoms with Gasteiger partial charge in [-0.3, -0.25) is 14.4 Å². The predicted molar refractivity (Wildman–Crippen MR) is 120 cm³/mol. The van der Waals surface area contributed by atoms with Crippen molar-refractivity contribution in [2.45, 2.75) is 6.42 Å². The molecule has 0 aliphatic heterocycles. The highest BCUT2D eigenvalue weighted by atomic mass is 35.5. The van der Waals surface area contributed by atoms with Gasteiger partial charge in [-0.15, -0.1) is 0 Å². The molecule has 2 N–H and O–H groups in total. The summed E-state index contributed by atoms with van der Waals surface area (Å²) in [5.74, 6) is -0.318. The van der Waals surface area contributed by atoms with Gasteiger partial charge in [-0.1, -0.05) is 48.0 Å². The van der Waals surface area contributed by atoms with Gasteiger partial charge in [-0.25, -0.2) is 0 Å². The van der Waals surface area contributed by atoms with Crippen LogP contribution in [0, 0.1) is 0 Å². The Bertz CT molecular complexity index is 1100. The van der Waals surface area contributed by atoms with Crippen molar-refractivity contribution in [3.8, 4) is 5.75 Å². The number of ether oxygens (including phenoxy) is 1. The lowest BCUT2D eigenvalue weighted by atomic mass is 10.0. The third-order valence-corrected chi connectivity index (χ3v) is 4.74. The van der Waals surface area contributed by atoms with Crippen LogP contribution in [-0.2, 0) is 4.79 Å². The highest BCUT2D eigenvalue weighted by Crippen LogP contribution is 2.24. The van der Waals surface area contributed by atoms with Crippen LogP contribution in [0.3, 0.4) is 0 Å². The molecular weight excluding hydrogens is 416 g/mol. The van der Waals surface area contributed by atoms with Crippen LogP contribution in [-0.4, -0.2) is 31.3 Å². The molecule has 0 atom stereocenters. The lowest BCUT2D eigenvalue weighted by Gasteiger charge is -2.12. The summed E-state index contributed by atoms with van der Waals surface area (Å²) in [5.41, 5.74) is 1.59. The smallest absolute Gasteiger partial charge is 0.251 e. The van der Waals surface area contributed by atoms with Crippen molar-refractivity contribution in [3.63, 3.8) is 0 Å². The van der Waals surface area contributed by atoms with Crippen molar-refractivity contribution in [1.82, 2.24) is 5.32 Å². The summed E-state index contributed by atoms with van der Waals surface area (Å²) >= 11 is 6.06. The highest BCUT2D eigenvalue weighted by molar-refractivity contribution is 6.31. The Morgan fingerprint density at radius 3 is 2.39 bits per heavy atom. The van der Waals surface area contributed by atoms with Gasteiger partial charge >= 0.3 is 0 Å². The Morgan fingerprint density at radius 2 is 1.65 bits per heavy atom. The maximum atomic E-state index is 12.8. The molecule has 158 valence electrons. The van der Waals surface area contributed by atoms with E-state index >= 15 is 0 Å². The molecule has 3 aromatic rings. The zero-order chi connectivity index (χ0) is 22.2. The lowest BCUT2D eigenvalue weighted by molar-refractivity contribution is -0.116. The fourth-order valence-corrected chi connectivity index (χ4v) is 3.10. The maximum absolute atomic E-state index is 12.8. The second-order valence-corrected chi connectivity index (χ2v) is 7.11. The quantitative estimate of drug-likeness (QED) is 0.514. The molecule has 31 heavy (non-hydrogen) atoms. The Balaban J connectivity index is 1.61. The van der Waals surface area contributed by atoms with E-state index in [1.54, 1.807) is 60.7 Å². The Hall–Kier alpha value is -3.64. The normalized spacial score (nSPS) is 10.3. The van der Waals surface area contributed by atoms with Crippen LogP contribution in [0.1, 0.15) is 32.7 Å². The molecule has 0 aliphatic rings. The summed E-state index contributed by atoms with van der Waals surface area (Å²) in [4.78, 5) is 37.5. The topological polar surface area (TPSA) is 84.5 Å². The molecule has 3 aromatic carbocycles. The number of halogens is 1. The van der Waals surface area contributed by atoms with Gasteiger partial charge in [0.25, 0.3) is 5.91 Å². The molecule has 0 aliphatic carbocycles. The van der Waals surface area contributed by atoms with Crippen LogP contribution in [0.5, 0.6) is 5.75 Å². The molecule has 2 amide bonds. The van der Waals surface area contributed by atoms with Crippen LogP contribution >= 0.6 is 11.6 Å². The zero-order valence-corrected chi connectivity index (χ0v) is 17.6. The second-order valence-electron chi connectivity index (χ2n) is 6.67. The van der Waals surface area contributed by atoms with E-state index < -0.39 is 0 Å². The molecule has 0 spiro atoms. The zero-order valence-electron chi connectivity index (χ0n) is 16.9. The number of carbonyl (C=O) groups excluding carboxylic acids is 3. The summed E-state index contributed by atoms with van der Waals surface area (Å²) in [6.07, 6.45) is 0.0390. The van der Waals surface area contributed by atoms with E-state index in [1.165, 1.54) is 13.2 Å². The van der Waals surface area contributed by atoms with Crippen molar-refractivity contribution >= 4 is 34.9 Å². The predicted octanol–water partition coefficient (Wildman–Crippen LogP) is 4.34. The largest absolute Gasteiger partial charge is 0.497 e. The number of methoxy groups -OCH3 is 1. The van der Waals surface area contributed by atoms with Crippen LogP contribution in [0.4, 0.5) is 5.69 Å². The van der Waals surface area contributed by atoms with Gasteiger partial charge in [0.05, 0.1) is 12.8 Å². The number of carbonyl (C=O) groups is 3. The summed E-state index contributed by atoms with van der Waals surface area (Å²) in [7, 11) is 1.52. The summed E-state index contributed by atoms with van der Waals surface area (Å²) < 4.78 is 5.10. The first kappa shape index (κ1) is 22.1. The highest BCUT2D eigenvalue weighted by Gasteiger charge is 2.16. The molecule has 0 saturated heterocycles. The van der Waals surface area contributed by atoms with Gasteiger partial charge in [-0.05, 0) is 36.4 Å². The molecule has 0 saturated carbocycles. The minimum Gasteiger partial charge on any atom is -0.497 e. The third-order valence-electron chi connectivity index (χ3n) is 4.51. The monoisotopic (exact) mass is 436 g/mol. The number of anilines is 1. The molecule has 0 radical (unpaired) electrons. The van der Waals surface area contributed by atoms with E-state index in [1.807, 2.05) is 6.07 Å². The van der Waals surface area contributed by atoms with E-state index in [0.717, 1.165) is 0 Å². The summed E-state index contributed by atoms with van der Waals surface area (Å²) in [6.45, 7) is 0.136. The SMILES string of the molecule is COc1cccc(C(=O)NCCC(=O)Nc2ccc(Cl)cc2C(=O)c2ccccc2)c1. The summed E-state index contributed by atoms with van der Waals surface area (Å²) in [6, 6.07) is 20.2. The van der Waals surface area contributed by atoms with Crippen molar-refractivity contribution in [2.24, 2.45) is 0 Å². The molecule has 0 fully saturated rings. The first-order valence-corrected chi connectivity index (χ1v) is 9.97. The molecule has 0 heterocycles. The van der Waals surface area contributed by atoms with Gasteiger partial charge in [0, 0.05) is 34.7 Å². The van der Waals surface area contributed by atoms with Gasteiger partial charge in [-0.2, -0.15) is 0 Å². The number of ketones is 1. The number of amides is 2. The molecule has 0 unspecified atom stereocenters. The Kier molecular flexibility index (Phi) is 7.40. The molecule has 0 bridgehead atoms. The Morgan fingerprint density at radius 1 is 0.903 bits per heavy atom. The average molecular weight is 437 g/mol. The average Bonchev–Trinajstić information content (AvgIpc) is 2.80. The van der Waals surface area contributed by atoms with E-state index in [9.17, 15) is 14.4 Å². The van der Waals surface area contributed by atoms with E-state index in [4.69, 9.17) is 16.3 Å². The summed E-state index contributed by atoms with van der Waals surface area (Å²) in [5, 5.41) is 5.82. The maximum Gasteiger partial charge on any atom is 0.251 e. The number of nitrogens with one attached hydrogen (secondary N) is 2. The van der Waals surface area contributed by atoms with E-state index in [-0.39, 0.29) is 30.6 Å². The van der Waals surface area contributed by atoms with Gasteiger partial charge in [0.2, 0.25) is 5.91 Å². The van der Waals surface area contributed by atoms with Crippen LogP contribution in [0.25, 0.3) is 0 Å². The standard InChI is InChI=1S/C24H21ClN2O4/c1-31-19-9-5-8-17(14-19)24(30)26-13-12-22(28)27-21-11-10-18(25)15-20(21)23(29)16-6-3-2-4-7-16/h2-11,14-15H,12-13H2,1H3,(H,26,30)(H,27,28). The second kappa shape index (κ2) is 10.4. The van der Waals surface area contributed by atoms with Crippen LogP contribution in [0.15, 0.2) is 72.8 Å².